The molecule has 0 unspecified atom stereocenters. The van der Waals surface area contributed by atoms with Crippen molar-refractivity contribution in [2.24, 2.45) is 0 Å². The van der Waals surface area contributed by atoms with Gasteiger partial charge in [-0.15, -0.1) is 0 Å². The van der Waals surface area contributed by atoms with E-state index in [4.69, 9.17) is 9.47 Å². The number of rotatable bonds is 10. The van der Waals surface area contributed by atoms with Crippen LogP contribution in [0.25, 0.3) is 0 Å². The fourth-order valence-electron chi connectivity index (χ4n) is 2.53. The number of carbonyl (C=O) groups is 1. The van der Waals surface area contributed by atoms with Gasteiger partial charge in [0.15, 0.2) is 11.5 Å². The van der Waals surface area contributed by atoms with E-state index in [1.54, 1.807) is 37.3 Å². The fraction of sp³-hybridized carbons (Fsp3) is 0.381. The summed E-state index contributed by atoms with van der Waals surface area (Å²) in [7, 11) is -3.58. The number of nitrogens with one attached hydrogen (secondary N) is 2. The summed E-state index contributed by atoms with van der Waals surface area (Å²) in [6, 6.07) is 10.9. The topological polar surface area (TPSA) is 93.7 Å². The molecule has 2 aromatic rings. The van der Waals surface area contributed by atoms with E-state index in [1.165, 1.54) is 12.1 Å². The van der Waals surface area contributed by atoms with Crippen LogP contribution in [-0.2, 0) is 10.0 Å². The van der Waals surface area contributed by atoms with Crippen molar-refractivity contribution in [2.45, 2.75) is 45.1 Å². The molecule has 0 aliphatic rings. The third kappa shape index (κ3) is 6.20. The molecule has 0 bridgehead atoms. The summed E-state index contributed by atoms with van der Waals surface area (Å²) in [5.41, 5.74) is 0.899. The van der Waals surface area contributed by atoms with E-state index in [-0.39, 0.29) is 16.8 Å². The lowest BCUT2D eigenvalue weighted by Crippen LogP contribution is -2.31. The Morgan fingerprint density at radius 1 is 0.966 bits per heavy atom. The number of amides is 1. The second-order valence-corrected chi connectivity index (χ2v) is 8.15. The summed E-state index contributed by atoms with van der Waals surface area (Å²) in [6.07, 6.45) is 0.694. The van der Waals surface area contributed by atoms with Crippen LogP contribution in [0.5, 0.6) is 11.5 Å². The molecular formula is C21H28N2O5S. The van der Waals surface area contributed by atoms with Gasteiger partial charge >= 0.3 is 0 Å². The first-order valence-electron chi connectivity index (χ1n) is 9.64. The van der Waals surface area contributed by atoms with Crippen LogP contribution < -0.4 is 19.5 Å². The van der Waals surface area contributed by atoms with Gasteiger partial charge in [-0.05, 0) is 69.7 Å². The SMILES string of the molecule is CCOc1ccc(C(=O)Nc2ccc(S(=O)(=O)N[C@H](C)CC)cc2)cc1OCC. The highest BCUT2D eigenvalue weighted by molar-refractivity contribution is 7.89. The molecule has 0 saturated heterocycles. The number of sulfonamides is 1. The van der Waals surface area contributed by atoms with Gasteiger partial charge in [-0.3, -0.25) is 4.79 Å². The zero-order valence-electron chi connectivity index (χ0n) is 17.2. The van der Waals surface area contributed by atoms with Gasteiger partial charge in [-0.1, -0.05) is 6.92 Å². The second kappa shape index (κ2) is 10.3. The molecule has 0 heterocycles. The second-order valence-electron chi connectivity index (χ2n) is 6.44. The largest absolute Gasteiger partial charge is 0.490 e. The van der Waals surface area contributed by atoms with Gasteiger partial charge in [-0.2, -0.15) is 0 Å². The lowest BCUT2D eigenvalue weighted by Gasteiger charge is -2.13. The molecule has 0 aliphatic heterocycles. The van der Waals surface area contributed by atoms with E-state index < -0.39 is 10.0 Å². The zero-order chi connectivity index (χ0) is 21.4. The summed E-state index contributed by atoms with van der Waals surface area (Å²) in [5.74, 6) is 0.746. The fourth-order valence-corrected chi connectivity index (χ4v) is 3.86. The van der Waals surface area contributed by atoms with Crippen LogP contribution in [0.4, 0.5) is 5.69 Å². The summed E-state index contributed by atoms with van der Waals surface area (Å²) >= 11 is 0. The maximum Gasteiger partial charge on any atom is 0.255 e. The molecule has 158 valence electrons. The predicted molar refractivity (Wildman–Crippen MR) is 113 cm³/mol. The van der Waals surface area contributed by atoms with E-state index in [0.29, 0.717) is 42.4 Å². The maximum absolute atomic E-state index is 12.6. The Bertz CT molecular complexity index is 927. The van der Waals surface area contributed by atoms with Crippen LogP contribution in [-0.4, -0.2) is 33.6 Å². The summed E-state index contributed by atoms with van der Waals surface area (Å²) in [6.45, 7) is 8.38. The quantitative estimate of drug-likeness (QED) is 0.610. The molecule has 8 heteroatoms. The Hall–Kier alpha value is -2.58. The summed E-state index contributed by atoms with van der Waals surface area (Å²) in [4.78, 5) is 12.7. The standard InChI is InChI=1S/C21H28N2O5S/c1-5-15(4)23-29(25,26)18-11-9-17(10-12-18)22-21(24)16-8-13-19(27-6-2)20(14-16)28-7-3/h8-15,23H,5-7H2,1-4H3,(H,22,24)/t15-/m1/s1. The Kier molecular flexibility index (Phi) is 8.04. The number of hydrogen-bond donors (Lipinski definition) is 2. The van der Waals surface area contributed by atoms with Gasteiger partial charge in [0.2, 0.25) is 10.0 Å². The first-order valence-corrected chi connectivity index (χ1v) is 11.1. The molecule has 0 saturated carbocycles. The molecule has 2 aromatic carbocycles. The van der Waals surface area contributed by atoms with Crippen molar-refractivity contribution < 1.29 is 22.7 Å². The molecule has 0 aromatic heterocycles. The number of benzene rings is 2. The Morgan fingerprint density at radius 2 is 1.59 bits per heavy atom. The van der Waals surface area contributed by atoms with Crippen molar-refractivity contribution in [1.29, 1.82) is 0 Å². The minimum absolute atomic E-state index is 0.149. The lowest BCUT2D eigenvalue weighted by atomic mass is 10.2. The zero-order valence-corrected chi connectivity index (χ0v) is 18.0. The van der Waals surface area contributed by atoms with Crippen molar-refractivity contribution >= 4 is 21.6 Å². The third-order valence-electron chi connectivity index (χ3n) is 4.20. The average molecular weight is 421 g/mol. The molecule has 7 nitrogen and oxygen atoms in total. The highest BCUT2D eigenvalue weighted by Crippen LogP contribution is 2.29. The van der Waals surface area contributed by atoms with Crippen LogP contribution in [0.3, 0.4) is 0 Å². The van der Waals surface area contributed by atoms with E-state index in [9.17, 15) is 13.2 Å². The molecule has 0 radical (unpaired) electrons. The maximum atomic E-state index is 12.6. The summed E-state index contributed by atoms with van der Waals surface area (Å²) in [5, 5.41) is 2.76. The molecule has 2 N–H and O–H groups in total. The van der Waals surface area contributed by atoms with Gasteiger partial charge < -0.3 is 14.8 Å². The number of carbonyl (C=O) groups excluding carboxylic acids is 1. The minimum atomic E-state index is -3.58. The molecule has 0 aliphatic carbocycles. The van der Waals surface area contributed by atoms with Crippen molar-refractivity contribution in [3.05, 3.63) is 48.0 Å². The highest BCUT2D eigenvalue weighted by Gasteiger charge is 2.17. The average Bonchev–Trinajstić information content (AvgIpc) is 2.69. The number of ether oxygens (including phenoxy) is 2. The third-order valence-corrected chi connectivity index (χ3v) is 5.80. The first-order chi connectivity index (χ1) is 13.8. The number of anilines is 1. The van der Waals surface area contributed by atoms with E-state index in [1.807, 2.05) is 20.8 Å². The Morgan fingerprint density at radius 3 is 2.17 bits per heavy atom. The Labute approximate surface area is 172 Å². The lowest BCUT2D eigenvalue weighted by molar-refractivity contribution is 0.102. The van der Waals surface area contributed by atoms with Gasteiger partial charge in [0.05, 0.1) is 18.1 Å². The predicted octanol–water partition coefficient (Wildman–Crippen LogP) is 3.81. The molecule has 2 rings (SSSR count). The summed E-state index contributed by atoms with van der Waals surface area (Å²) < 4.78 is 38.3. The van der Waals surface area contributed by atoms with E-state index in [0.717, 1.165) is 0 Å². The first kappa shape index (κ1) is 22.7. The van der Waals surface area contributed by atoms with Crippen LogP contribution in [0, 0.1) is 0 Å². The smallest absolute Gasteiger partial charge is 0.255 e. The van der Waals surface area contributed by atoms with Crippen molar-refractivity contribution in [3.63, 3.8) is 0 Å². The van der Waals surface area contributed by atoms with Crippen LogP contribution in [0.2, 0.25) is 0 Å². The van der Waals surface area contributed by atoms with Gasteiger partial charge in [0, 0.05) is 17.3 Å². The Balaban J connectivity index is 2.14. The van der Waals surface area contributed by atoms with Gasteiger partial charge in [0.25, 0.3) is 5.91 Å². The van der Waals surface area contributed by atoms with Crippen molar-refractivity contribution in [2.75, 3.05) is 18.5 Å². The molecule has 1 amide bonds. The van der Waals surface area contributed by atoms with Crippen LogP contribution >= 0.6 is 0 Å². The monoisotopic (exact) mass is 420 g/mol. The molecule has 0 fully saturated rings. The molecule has 29 heavy (non-hydrogen) atoms. The van der Waals surface area contributed by atoms with Gasteiger partial charge in [0.1, 0.15) is 0 Å². The van der Waals surface area contributed by atoms with Crippen LogP contribution in [0.1, 0.15) is 44.5 Å². The normalized spacial score (nSPS) is 12.3. The van der Waals surface area contributed by atoms with Crippen LogP contribution in [0.15, 0.2) is 47.4 Å². The van der Waals surface area contributed by atoms with E-state index >= 15 is 0 Å². The van der Waals surface area contributed by atoms with Gasteiger partial charge in [-0.25, -0.2) is 13.1 Å². The van der Waals surface area contributed by atoms with Crippen molar-refractivity contribution in [1.82, 2.24) is 4.72 Å². The highest BCUT2D eigenvalue weighted by atomic mass is 32.2. The van der Waals surface area contributed by atoms with E-state index in [2.05, 4.69) is 10.0 Å². The number of hydrogen-bond acceptors (Lipinski definition) is 5. The molecular weight excluding hydrogens is 392 g/mol. The van der Waals surface area contributed by atoms with Crippen molar-refractivity contribution in [3.8, 4) is 11.5 Å². The molecule has 1 atom stereocenters. The molecule has 0 spiro atoms. The minimum Gasteiger partial charge on any atom is -0.490 e.